The lowest BCUT2D eigenvalue weighted by molar-refractivity contribution is 0.476. The summed E-state index contributed by atoms with van der Waals surface area (Å²) in [6.07, 6.45) is 3.80. The summed E-state index contributed by atoms with van der Waals surface area (Å²) < 4.78 is 2.11. The SMILES string of the molecule is Cc1cc(C)c(-c2ccc3c4ccc(O)cc4c4nccn4c3c2)c(C)c1. The molecule has 3 nitrogen and oxygen atoms in total. The Kier molecular flexibility index (Phi) is 3.28. The molecule has 0 fully saturated rings. The highest BCUT2D eigenvalue weighted by Gasteiger charge is 2.13. The Morgan fingerprint density at radius 2 is 1.56 bits per heavy atom. The lowest BCUT2D eigenvalue weighted by Gasteiger charge is -2.14. The van der Waals surface area contributed by atoms with E-state index in [4.69, 9.17) is 0 Å². The lowest BCUT2D eigenvalue weighted by atomic mass is 9.92. The highest BCUT2D eigenvalue weighted by atomic mass is 16.3. The molecular formula is C24H20N2O. The molecule has 0 bridgehead atoms. The third kappa shape index (κ3) is 2.32. The third-order valence-electron chi connectivity index (χ3n) is 5.40. The predicted octanol–water partition coefficient (Wildman–Crippen LogP) is 5.94. The lowest BCUT2D eigenvalue weighted by Crippen LogP contribution is -1.94. The first-order valence-electron chi connectivity index (χ1n) is 9.12. The normalized spacial score (nSPS) is 11.7. The Hall–Kier alpha value is -3.33. The zero-order valence-electron chi connectivity index (χ0n) is 15.6. The van der Waals surface area contributed by atoms with E-state index in [0.29, 0.717) is 0 Å². The molecule has 27 heavy (non-hydrogen) atoms. The van der Waals surface area contributed by atoms with Gasteiger partial charge in [0, 0.05) is 23.2 Å². The van der Waals surface area contributed by atoms with Crippen LogP contribution in [0.5, 0.6) is 5.75 Å². The van der Waals surface area contributed by atoms with Gasteiger partial charge in [0.25, 0.3) is 0 Å². The number of phenols is 1. The predicted molar refractivity (Wildman–Crippen MR) is 112 cm³/mol. The molecule has 132 valence electrons. The second-order valence-electron chi connectivity index (χ2n) is 7.36. The van der Waals surface area contributed by atoms with Crippen LogP contribution in [0.15, 0.2) is 60.9 Å². The van der Waals surface area contributed by atoms with Crippen molar-refractivity contribution in [2.24, 2.45) is 0 Å². The number of pyridine rings is 1. The Balaban J connectivity index is 1.90. The second kappa shape index (κ2) is 5.58. The number of hydrogen-bond donors (Lipinski definition) is 1. The fourth-order valence-electron chi connectivity index (χ4n) is 4.40. The first-order chi connectivity index (χ1) is 13.0. The van der Waals surface area contributed by atoms with Crippen molar-refractivity contribution >= 4 is 27.3 Å². The molecule has 2 aromatic heterocycles. The molecular weight excluding hydrogens is 332 g/mol. The van der Waals surface area contributed by atoms with E-state index in [-0.39, 0.29) is 5.75 Å². The summed E-state index contributed by atoms with van der Waals surface area (Å²) in [7, 11) is 0. The summed E-state index contributed by atoms with van der Waals surface area (Å²) in [4.78, 5) is 4.54. The van der Waals surface area contributed by atoms with Crippen molar-refractivity contribution in [2.45, 2.75) is 20.8 Å². The van der Waals surface area contributed by atoms with Gasteiger partial charge < -0.3 is 5.11 Å². The number of rotatable bonds is 1. The summed E-state index contributed by atoms with van der Waals surface area (Å²) in [5.74, 6) is 0.259. The van der Waals surface area contributed by atoms with Gasteiger partial charge in [-0.3, -0.25) is 4.40 Å². The van der Waals surface area contributed by atoms with Crippen LogP contribution in [0, 0.1) is 20.8 Å². The molecule has 0 unspecified atom stereocenters. The largest absolute Gasteiger partial charge is 0.508 e. The molecule has 1 N–H and O–H groups in total. The standard InChI is InChI=1S/C24H20N2O/c1-14-10-15(2)23(16(3)11-14)17-4-6-20-19-7-5-18(27)13-21(19)24-25-8-9-26(24)22(20)12-17/h4-13,27H,1-3H3. The van der Waals surface area contributed by atoms with Crippen LogP contribution in [0.4, 0.5) is 0 Å². The molecule has 0 saturated heterocycles. The van der Waals surface area contributed by atoms with Gasteiger partial charge in [0.2, 0.25) is 0 Å². The summed E-state index contributed by atoms with van der Waals surface area (Å²) in [5, 5.41) is 13.2. The van der Waals surface area contributed by atoms with E-state index in [1.54, 1.807) is 12.1 Å². The second-order valence-corrected chi connectivity index (χ2v) is 7.36. The van der Waals surface area contributed by atoms with E-state index in [1.807, 2.05) is 18.5 Å². The molecule has 5 aromatic rings. The summed E-state index contributed by atoms with van der Waals surface area (Å²) in [5.41, 5.74) is 8.36. The van der Waals surface area contributed by atoms with Gasteiger partial charge in [-0.05, 0) is 72.7 Å². The van der Waals surface area contributed by atoms with Crippen LogP contribution < -0.4 is 0 Å². The number of aromatic hydroxyl groups is 1. The average Bonchev–Trinajstić information content (AvgIpc) is 3.11. The highest BCUT2D eigenvalue weighted by molar-refractivity contribution is 6.12. The van der Waals surface area contributed by atoms with Gasteiger partial charge in [-0.25, -0.2) is 4.98 Å². The van der Waals surface area contributed by atoms with Crippen LogP contribution in [0.25, 0.3) is 38.4 Å². The number of fused-ring (bicyclic) bond motifs is 6. The van der Waals surface area contributed by atoms with Crippen LogP contribution in [-0.4, -0.2) is 14.5 Å². The molecule has 0 saturated carbocycles. The van der Waals surface area contributed by atoms with Crippen LogP contribution in [-0.2, 0) is 0 Å². The topological polar surface area (TPSA) is 37.5 Å². The molecule has 0 amide bonds. The maximum absolute atomic E-state index is 9.94. The van der Waals surface area contributed by atoms with Crippen molar-refractivity contribution in [1.29, 1.82) is 0 Å². The fourth-order valence-corrected chi connectivity index (χ4v) is 4.40. The van der Waals surface area contributed by atoms with Crippen LogP contribution in [0.3, 0.4) is 0 Å². The smallest absolute Gasteiger partial charge is 0.145 e. The van der Waals surface area contributed by atoms with Gasteiger partial charge >= 0.3 is 0 Å². The molecule has 0 radical (unpaired) electrons. The summed E-state index contributed by atoms with van der Waals surface area (Å²) in [6.45, 7) is 6.49. The van der Waals surface area contributed by atoms with Gasteiger partial charge in [-0.15, -0.1) is 0 Å². The Bertz CT molecular complexity index is 1340. The molecule has 0 spiro atoms. The Morgan fingerprint density at radius 3 is 2.33 bits per heavy atom. The maximum atomic E-state index is 9.94. The van der Waals surface area contributed by atoms with Crippen molar-refractivity contribution < 1.29 is 5.11 Å². The number of benzene rings is 3. The Labute approximate surface area is 157 Å². The third-order valence-corrected chi connectivity index (χ3v) is 5.40. The first-order valence-corrected chi connectivity index (χ1v) is 9.12. The molecule has 0 atom stereocenters. The van der Waals surface area contributed by atoms with E-state index >= 15 is 0 Å². The minimum atomic E-state index is 0.259. The number of aryl methyl sites for hydroxylation is 3. The van der Waals surface area contributed by atoms with E-state index in [2.05, 4.69) is 60.5 Å². The number of hydrogen-bond acceptors (Lipinski definition) is 2. The van der Waals surface area contributed by atoms with Crippen molar-refractivity contribution in [3.63, 3.8) is 0 Å². The average molecular weight is 352 g/mol. The summed E-state index contributed by atoms with van der Waals surface area (Å²) >= 11 is 0. The molecule has 5 rings (SSSR count). The van der Waals surface area contributed by atoms with Crippen LogP contribution >= 0.6 is 0 Å². The maximum Gasteiger partial charge on any atom is 0.145 e. The molecule has 0 aliphatic rings. The quantitative estimate of drug-likeness (QED) is 0.379. The van der Waals surface area contributed by atoms with Gasteiger partial charge in [0.15, 0.2) is 0 Å². The van der Waals surface area contributed by atoms with Crippen LogP contribution in [0.1, 0.15) is 16.7 Å². The van der Waals surface area contributed by atoms with Gasteiger partial charge in [0.1, 0.15) is 11.4 Å². The highest BCUT2D eigenvalue weighted by Crippen LogP contribution is 2.35. The van der Waals surface area contributed by atoms with E-state index in [0.717, 1.165) is 27.3 Å². The monoisotopic (exact) mass is 352 g/mol. The molecule has 0 aliphatic carbocycles. The first kappa shape index (κ1) is 15.9. The number of phenolic OH excluding ortho intramolecular Hbond substituents is 1. The zero-order chi connectivity index (χ0) is 18.7. The number of nitrogens with zero attached hydrogens (tertiary/aromatic N) is 2. The molecule has 3 heteroatoms. The molecule has 2 heterocycles. The van der Waals surface area contributed by atoms with Crippen molar-refractivity contribution in [3.05, 3.63) is 77.6 Å². The van der Waals surface area contributed by atoms with Crippen LogP contribution in [0.2, 0.25) is 0 Å². The number of imidazole rings is 1. The van der Waals surface area contributed by atoms with Crippen molar-refractivity contribution in [3.8, 4) is 16.9 Å². The fraction of sp³-hybridized carbons (Fsp3) is 0.125. The minimum absolute atomic E-state index is 0.259. The van der Waals surface area contributed by atoms with Gasteiger partial charge in [-0.1, -0.05) is 29.8 Å². The number of aromatic nitrogens is 2. The Morgan fingerprint density at radius 1 is 0.815 bits per heavy atom. The van der Waals surface area contributed by atoms with E-state index in [9.17, 15) is 5.11 Å². The van der Waals surface area contributed by atoms with Crippen molar-refractivity contribution in [2.75, 3.05) is 0 Å². The molecule has 0 aliphatic heterocycles. The van der Waals surface area contributed by atoms with E-state index in [1.165, 1.54) is 27.8 Å². The van der Waals surface area contributed by atoms with E-state index < -0.39 is 0 Å². The van der Waals surface area contributed by atoms with Crippen molar-refractivity contribution in [1.82, 2.24) is 9.38 Å². The van der Waals surface area contributed by atoms with Gasteiger partial charge in [0.05, 0.1) is 5.52 Å². The minimum Gasteiger partial charge on any atom is -0.508 e. The molecule has 3 aromatic carbocycles. The summed E-state index contributed by atoms with van der Waals surface area (Å²) in [6, 6.07) is 16.6. The van der Waals surface area contributed by atoms with Gasteiger partial charge in [-0.2, -0.15) is 0 Å². The zero-order valence-corrected chi connectivity index (χ0v) is 15.6.